The van der Waals surface area contributed by atoms with E-state index >= 15 is 0 Å². The summed E-state index contributed by atoms with van der Waals surface area (Å²) in [4.78, 5) is 24.1. The summed E-state index contributed by atoms with van der Waals surface area (Å²) >= 11 is 1.84. The molecule has 27 heavy (non-hydrogen) atoms. The fourth-order valence-electron chi connectivity index (χ4n) is 2.80. The topological polar surface area (TPSA) is 58.2 Å². The standard InChI is InChI=1S/C22H28N2O2S/c1-4-20(27-3)17-11-13-19(14-12-17)24-21(25)6-5-15-23-22(26)18-9-7-16(2)8-10-18/h7-14,20H,4-6,15H2,1-3H3,(H,23,26)(H,24,25). The highest BCUT2D eigenvalue weighted by Gasteiger charge is 2.09. The number of nitrogens with one attached hydrogen (secondary N) is 2. The van der Waals surface area contributed by atoms with Gasteiger partial charge in [-0.15, -0.1) is 0 Å². The van der Waals surface area contributed by atoms with Crippen LogP contribution in [0.4, 0.5) is 5.69 Å². The molecule has 0 saturated carbocycles. The molecule has 0 fully saturated rings. The smallest absolute Gasteiger partial charge is 0.251 e. The molecule has 1 unspecified atom stereocenters. The van der Waals surface area contributed by atoms with Crippen molar-refractivity contribution in [2.24, 2.45) is 0 Å². The first kappa shape index (κ1) is 21.0. The highest BCUT2D eigenvalue weighted by Crippen LogP contribution is 2.30. The van der Waals surface area contributed by atoms with Gasteiger partial charge >= 0.3 is 0 Å². The predicted octanol–water partition coefficient (Wildman–Crippen LogP) is 4.96. The van der Waals surface area contributed by atoms with Crippen molar-refractivity contribution < 1.29 is 9.59 Å². The minimum Gasteiger partial charge on any atom is -0.352 e. The van der Waals surface area contributed by atoms with E-state index in [9.17, 15) is 9.59 Å². The summed E-state index contributed by atoms with van der Waals surface area (Å²) in [6.07, 6.45) is 4.17. The molecule has 0 spiro atoms. The number of benzene rings is 2. The van der Waals surface area contributed by atoms with Crippen molar-refractivity contribution in [3.05, 3.63) is 65.2 Å². The summed E-state index contributed by atoms with van der Waals surface area (Å²) < 4.78 is 0. The molecule has 0 heterocycles. The first-order chi connectivity index (χ1) is 13.0. The van der Waals surface area contributed by atoms with Crippen molar-refractivity contribution in [2.45, 2.75) is 38.4 Å². The van der Waals surface area contributed by atoms with Gasteiger partial charge in [0.25, 0.3) is 5.91 Å². The molecule has 0 radical (unpaired) electrons. The molecule has 0 bridgehead atoms. The van der Waals surface area contributed by atoms with E-state index in [2.05, 4.69) is 35.9 Å². The van der Waals surface area contributed by atoms with Crippen LogP contribution < -0.4 is 10.6 Å². The van der Waals surface area contributed by atoms with Crippen LogP contribution in [0.3, 0.4) is 0 Å². The maximum atomic E-state index is 12.1. The van der Waals surface area contributed by atoms with Crippen molar-refractivity contribution in [3.63, 3.8) is 0 Å². The second kappa shape index (κ2) is 10.8. The third kappa shape index (κ3) is 6.75. The molecule has 2 N–H and O–H groups in total. The average molecular weight is 385 g/mol. The molecule has 2 aromatic rings. The molecule has 0 saturated heterocycles. The fraction of sp³-hybridized carbons (Fsp3) is 0.364. The Balaban J connectivity index is 1.71. The highest BCUT2D eigenvalue weighted by atomic mass is 32.2. The number of thioether (sulfide) groups is 1. The van der Waals surface area contributed by atoms with Crippen LogP contribution in [0.1, 0.15) is 52.9 Å². The molecule has 0 aliphatic carbocycles. The first-order valence-electron chi connectivity index (χ1n) is 9.31. The lowest BCUT2D eigenvalue weighted by Gasteiger charge is -2.13. The molecule has 144 valence electrons. The molecule has 0 aliphatic heterocycles. The Kier molecular flexibility index (Phi) is 8.40. The van der Waals surface area contributed by atoms with Crippen LogP contribution in [0.2, 0.25) is 0 Å². The summed E-state index contributed by atoms with van der Waals surface area (Å²) in [5.41, 5.74) is 3.85. The van der Waals surface area contributed by atoms with Crippen molar-refractivity contribution in [3.8, 4) is 0 Å². The Morgan fingerprint density at radius 1 is 1.04 bits per heavy atom. The lowest BCUT2D eigenvalue weighted by atomic mass is 10.1. The molecule has 4 nitrogen and oxygen atoms in total. The SMILES string of the molecule is CCC(SC)c1ccc(NC(=O)CCCNC(=O)c2ccc(C)cc2)cc1. The Hall–Kier alpha value is -2.27. The van der Waals surface area contributed by atoms with Crippen molar-refractivity contribution >= 4 is 29.3 Å². The number of carbonyl (C=O) groups excluding carboxylic acids is 2. The van der Waals surface area contributed by atoms with Crippen LogP contribution in [0, 0.1) is 6.92 Å². The Bertz CT molecular complexity index is 738. The zero-order valence-electron chi connectivity index (χ0n) is 16.2. The van der Waals surface area contributed by atoms with E-state index in [1.54, 1.807) is 12.1 Å². The molecule has 2 aromatic carbocycles. The Morgan fingerprint density at radius 2 is 1.70 bits per heavy atom. The normalized spacial score (nSPS) is 11.7. The molecular formula is C22H28N2O2S. The van der Waals surface area contributed by atoms with Gasteiger partial charge in [0.1, 0.15) is 0 Å². The van der Waals surface area contributed by atoms with Crippen LogP contribution in [0.5, 0.6) is 0 Å². The van der Waals surface area contributed by atoms with E-state index in [-0.39, 0.29) is 11.8 Å². The second-order valence-electron chi connectivity index (χ2n) is 6.53. The fourth-order valence-corrected chi connectivity index (χ4v) is 3.56. The van der Waals surface area contributed by atoms with Crippen molar-refractivity contribution in [2.75, 3.05) is 18.1 Å². The van der Waals surface area contributed by atoms with Crippen molar-refractivity contribution in [1.82, 2.24) is 5.32 Å². The maximum Gasteiger partial charge on any atom is 0.251 e. The monoisotopic (exact) mass is 384 g/mol. The number of anilines is 1. The van der Waals surface area contributed by atoms with E-state index in [1.807, 2.05) is 43.0 Å². The number of hydrogen-bond donors (Lipinski definition) is 2. The Morgan fingerprint density at radius 3 is 2.30 bits per heavy atom. The third-order valence-corrected chi connectivity index (χ3v) is 5.58. The minimum atomic E-state index is -0.106. The van der Waals surface area contributed by atoms with E-state index in [4.69, 9.17) is 0 Å². The van der Waals surface area contributed by atoms with Gasteiger partial charge in [0.2, 0.25) is 5.91 Å². The van der Waals surface area contributed by atoms with Crippen molar-refractivity contribution in [1.29, 1.82) is 0 Å². The molecule has 1 atom stereocenters. The molecule has 0 aromatic heterocycles. The maximum absolute atomic E-state index is 12.1. The number of hydrogen-bond acceptors (Lipinski definition) is 3. The Labute approximate surface area is 166 Å². The highest BCUT2D eigenvalue weighted by molar-refractivity contribution is 7.98. The number of rotatable bonds is 9. The second-order valence-corrected chi connectivity index (χ2v) is 7.57. The van der Waals surface area contributed by atoms with E-state index in [0.29, 0.717) is 30.2 Å². The summed E-state index contributed by atoms with van der Waals surface area (Å²) in [7, 11) is 0. The van der Waals surface area contributed by atoms with Crippen LogP contribution in [-0.2, 0) is 4.79 Å². The van der Waals surface area contributed by atoms with Crippen LogP contribution >= 0.6 is 11.8 Å². The molecule has 2 amide bonds. The van der Waals surface area contributed by atoms with Gasteiger partial charge in [0.05, 0.1) is 0 Å². The largest absolute Gasteiger partial charge is 0.352 e. The van der Waals surface area contributed by atoms with Gasteiger partial charge < -0.3 is 10.6 Å². The van der Waals surface area contributed by atoms with Gasteiger partial charge in [-0.2, -0.15) is 11.8 Å². The predicted molar refractivity (Wildman–Crippen MR) is 114 cm³/mol. The van der Waals surface area contributed by atoms with E-state index in [1.165, 1.54) is 5.56 Å². The van der Waals surface area contributed by atoms with Crippen LogP contribution in [0.15, 0.2) is 48.5 Å². The average Bonchev–Trinajstić information content (AvgIpc) is 2.68. The quantitative estimate of drug-likeness (QED) is 0.601. The number of aryl methyl sites for hydroxylation is 1. The summed E-state index contributed by atoms with van der Waals surface area (Å²) in [6, 6.07) is 15.5. The summed E-state index contributed by atoms with van der Waals surface area (Å²) in [6.45, 7) is 4.64. The zero-order chi connectivity index (χ0) is 19.6. The first-order valence-corrected chi connectivity index (χ1v) is 10.6. The number of carbonyl (C=O) groups is 2. The van der Waals surface area contributed by atoms with E-state index in [0.717, 1.165) is 17.7 Å². The van der Waals surface area contributed by atoms with Gasteiger partial charge in [0, 0.05) is 29.5 Å². The molecule has 2 rings (SSSR count). The third-order valence-electron chi connectivity index (χ3n) is 4.40. The molecular weight excluding hydrogens is 356 g/mol. The number of amides is 2. The van der Waals surface area contributed by atoms with Gasteiger partial charge in [-0.05, 0) is 55.9 Å². The van der Waals surface area contributed by atoms with E-state index < -0.39 is 0 Å². The van der Waals surface area contributed by atoms with Gasteiger partial charge in [-0.1, -0.05) is 36.8 Å². The summed E-state index contributed by atoms with van der Waals surface area (Å²) in [5.74, 6) is -0.144. The zero-order valence-corrected chi connectivity index (χ0v) is 17.1. The van der Waals surface area contributed by atoms with Gasteiger partial charge in [-0.25, -0.2) is 0 Å². The lowest BCUT2D eigenvalue weighted by molar-refractivity contribution is -0.116. The van der Waals surface area contributed by atoms with Gasteiger partial charge in [0.15, 0.2) is 0 Å². The lowest BCUT2D eigenvalue weighted by Crippen LogP contribution is -2.25. The summed E-state index contributed by atoms with van der Waals surface area (Å²) in [5, 5.41) is 6.25. The van der Waals surface area contributed by atoms with Gasteiger partial charge in [-0.3, -0.25) is 9.59 Å². The minimum absolute atomic E-state index is 0.0377. The molecule has 0 aliphatic rings. The van der Waals surface area contributed by atoms with Crippen LogP contribution in [0.25, 0.3) is 0 Å². The van der Waals surface area contributed by atoms with Crippen LogP contribution in [-0.4, -0.2) is 24.6 Å². The molecule has 5 heteroatoms.